The molecule has 0 unspecified atom stereocenters. The molecular formula is C22H23ClN2O2. The van der Waals surface area contributed by atoms with Gasteiger partial charge in [0.15, 0.2) is 0 Å². The van der Waals surface area contributed by atoms with Crippen LogP contribution in [0.15, 0.2) is 42.5 Å². The van der Waals surface area contributed by atoms with Crippen LogP contribution in [0.2, 0.25) is 5.15 Å². The Hall–Kier alpha value is -2.59. The van der Waals surface area contributed by atoms with Gasteiger partial charge in [0, 0.05) is 36.5 Å². The molecule has 27 heavy (non-hydrogen) atoms. The summed E-state index contributed by atoms with van der Waals surface area (Å²) in [6, 6.07) is 13.8. The Balaban J connectivity index is 1.94. The number of hydrogen-bond donors (Lipinski definition) is 0. The molecule has 4 nitrogen and oxygen atoms in total. The Morgan fingerprint density at radius 2 is 1.81 bits per heavy atom. The van der Waals surface area contributed by atoms with E-state index in [0.717, 1.165) is 33.3 Å². The van der Waals surface area contributed by atoms with Gasteiger partial charge in [0.1, 0.15) is 10.9 Å². The molecule has 0 aliphatic carbocycles. The van der Waals surface area contributed by atoms with E-state index in [9.17, 15) is 4.79 Å². The lowest BCUT2D eigenvalue weighted by molar-refractivity contribution is -0.130. The van der Waals surface area contributed by atoms with E-state index < -0.39 is 0 Å². The van der Waals surface area contributed by atoms with Crippen molar-refractivity contribution in [3.63, 3.8) is 0 Å². The third-order valence-electron chi connectivity index (χ3n) is 4.90. The first-order chi connectivity index (χ1) is 12.9. The van der Waals surface area contributed by atoms with Gasteiger partial charge in [0.05, 0.1) is 12.6 Å². The van der Waals surface area contributed by atoms with Gasteiger partial charge in [-0.1, -0.05) is 41.9 Å². The summed E-state index contributed by atoms with van der Waals surface area (Å²) in [5, 5.41) is 1.46. The Kier molecular flexibility index (Phi) is 5.66. The number of methoxy groups -OCH3 is 1. The first-order valence-electron chi connectivity index (χ1n) is 8.83. The smallest absolute Gasteiger partial charge is 0.220 e. The van der Waals surface area contributed by atoms with Crippen molar-refractivity contribution in [1.82, 2.24) is 9.88 Å². The molecule has 0 N–H and O–H groups in total. The highest BCUT2D eigenvalue weighted by molar-refractivity contribution is 6.30. The number of carbonyl (C=O) groups excluding carboxylic acids is 1. The van der Waals surface area contributed by atoms with Gasteiger partial charge in [0.25, 0.3) is 0 Å². The minimum Gasteiger partial charge on any atom is -0.496 e. The zero-order chi connectivity index (χ0) is 19.6. The van der Waals surface area contributed by atoms with Crippen LogP contribution in [-0.4, -0.2) is 22.9 Å². The van der Waals surface area contributed by atoms with Gasteiger partial charge in [-0.2, -0.15) is 0 Å². The lowest BCUT2D eigenvalue weighted by atomic mass is 10.0. The van der Waals surface area contributed by atoms with Crippen LogP contribution >= 0.6 is 11.6 Å². The van der Waals surface area contributed by atoms with E-state index in [1.165, 1.54) is 5.56 Å². The molecule has 0 saturated carbocycles. The van der Waals surface area contributed by atoms with Crippen molar-refractivity contribution in [2.75, 3.05) is 7.11 Å². The number of aromatic nitrogens is 1. The van der Waals surface area contributed by atoms with E-state index in [0.29, 0.717) is 18.2 Å². The second-order valence-electron chi connectivity index (χ2n) is 6.70. The molecule has 3 rings (SSSR count). The molecule has 0 radical (unpaired) electrons. The van der Waals surface area contributed by atoms with E-state index in [4.69, 9.17) is 16.3 Å². The van der Waals surface area contributed by atoms with E-state index in [-0.39, 0.29) is 5.91 Å². The molecule has 1 amide bonds. The topological polar surface area (TPSA) is 42.4 Å². The minimum atomic E-state index is -0.0304. The van der Waals surface area contributed by atoms with Gasteiger partial charge >= 0.3 is 0 Å². The molecule has 5 heteroatoms. The molecule has 2 aromatic carbocycles. The molecule has 1 heterocycles. The number of halogens is 1. The van der Waals surface area contributed by atoms with Crippen LogP contribution in [0.3, 0.4) is 0 Å². The number of pyridine rings is 1. The predicted molar refractivity (Wildman–Crippen MR) is 109 cm³/mol. The van der Waals surface area contributed by atoms with Crippen LogP contribution in [-0.2, 0) is 17.9 Å². The van der Waals surface area contributed by atoms with Crippen LogP contribution in [0, 0.1) is 13.8 Å². The molecule has 3 aromatic rings. The standard InChI is InChI=1S/C22H23ClN2O2/c1-14-9-10-17-11-19(22(23)24-21(17)15(14)2)13-25(16(3)26)12-18-7-5-6-8-20(18)27-4/h5-11H,12-13H2,1-4H3. The number of benzene rings is 2. The quantitative estimate of drug-likeness (QED) is 0.579. The average molecular weight is 383 g/mol. The second-order valence-corrected chi connectivity index (χ2v) is 7.06. The summed E-state index contributed by atoms with van der Waals surface area (Å²) in [4.78, 5) is 18.6. The third-order valence-corrected chi connectivity index (χ3v) is 5.23. The van der Waals surface area contributed by atoms with Gasteiger partial charge in [-0.25, -0.2) is 4.98 Å². The Labute approximate surface area is 164 Å². The van der Waals surface area contributed by atoms with Gasteiger partial charge in [-0.15, -0.1) is 0 Å². The van der Waals surface area contributed by atoms with Gasteiger partial charge < -0.3 is 9.64 Å². The highest BCUT2D eigenvalue weighted by Crippen LogP contribution is 2.27. The minimum absolute atomic E-state index is 0.0304. The van der Waals surface area contributed by atoms with Crippen LogP contribution in [0.1, 0.15) is 29.2 Å². The van der Waals surface area contributed by atoms with Crippen molar-refractivity contribution in [3.05, 3.63) is 69.9 Å². The maximum absolute atomic E-state index is 12.2. The van der Waals surface area contributed by atoms with Gasteiger partial charge in [-0.3, -0.25) is 4.79 Å². The third kappa shape index (κ3) is 4.06. The van der Waals surface area contributed by atoms with Crippen LogP contribution in [0.25, 0.3) is 10.9 Å². The molecule has 0 aliphatic heterocycles. The summed E-state index contributed by atoms with van der Waals surface area (Å²) < 4.78 is 5.41. The highest BCUT2D eigenvalue weighted by Gasteiger charge is 2.16. The fourth-order valence-electron chi connectivity index (χ4n) is 3.14. The van der Waals surface area contributed by atoms with Crippen molar-refractivity contribution >= 4 is 28.4 Å². The number of rotatable bonds is 5. The number of amides is 1. The van der Waals surface area contributed by atoms with E-state index in [1.807, 2.05) is 43.3 Å². The SMILES string of the molecule is COc1ccccc1CN(Cc1cc2ccc(C)c(C)c2nc1Cl)C(C)=O. The highest BCUT2D eigenvalue weighted by atomic mass is 35.5. The Morgan fingerprint density at radius 1 is 1.11 bits per heavy atom. The number of aryl methyl sites for hydroxylation is 2. The van der Waals surface area contributed by atoms with E-state index in [2.05, 4.69) is 18.0 Å². The first kappa shape index (κ1) is 19.2. The molecular weight excluding hydrogens is 360 g/mol. The number of hydrogen-bond acceptors (Lipinski definition) is 3. The predicted octanol–water partition coefficient (Wildman–Crippen LogP) is 5.06. The van der Waals surface area contributed by atoms with Crippen LogP contribution in [0.5, 0.6) is 5.75 Å². The lowest BCUT2D eigenvalue weighted by Gasteiger charge is -2.23. The summed E-state index contributed by atoms with van der Waals surface area (Å²) >= 11 is 6.46. The maximum Gasteiger partial charge on any atom is 0.220 e. The number of nitrogens with zero attached hydrogens (tertiary/aromatic N) is 2. The largest absolute Gasteiger partial charge is 0.496 e. The van der Waals surface area contributed by atoms with Crippen LogP contribution < -0.4 is 4.74 Å². The van der Waals surface area contributed by atoms with Crippen molar-refractivity contribution in [3.8, 4) is 5.75 Å². The summed E-state index contributed by atoms with van der Waals surface area (Å²) in [6.45, 7) is 6.50. The van der Waals surface area contributed by atoms with Crippen molar-refractivity contribution in [1.29, 1.82) is 0 Å². The fraction of sp³-hybridized carbons (Fsp3) is 0.273. The maximum atomic E-state index is 12.2. The fourth-order valence-corrected chi connectivity index (χ4v) is 3.34. The first-order valence-corrected chi connectivity index (χ1v) is 9.21. The van der Waals surface area contributed by atoms with Crippen LogP contribution in [0.4, 0.5) is 0 Å². The summed E-state index contributed by atoms with van der Waals surface area (Å²) in [7, 11) is 1.63. The number of carbonyl (C=O) groups is 1. The molecule has 1 aromatic heterocycles. The Bertz CT molecular complexity index is 1000. The summed E-state index contributed by atoms with van der Waals surface area (Å²) in [5.41, 5.74) is 4.99. The molecule has 140 valence electrons. The normalized spacial score (nSPS) is 10.9. The molecule has 0 atom stereocenters. The summed E-state index contributed by atoms with van der Waals surface area (Å²) in [6.07, 6.45) is 0. The second kappa shape index (κ2) is 7.97. The lowest BCUT2D eigenvalue weighted by Crippen LogP contribution is -2.28. The van der Waals surface area contributed by atoms with Crippen molar-refractivity contribution < 1.29 is 9.53 Å². The molecule has 0 fully saturated rings. The molecule has 0 saturated heterocycles. The van der Waals surface area contributed by atoms with E-state index >= 15 is 0 Å². The van der Waals surface area contributed by atoms with Gasteiger partial charge in [0.2, 0.25) is 5.91 Å². The molecule has 0 spiro atoms. The zero-order valence-electron chi connectivity index (χ0n) is 16.0. The van der Waals surface area contributed by atoms with Crippen molar-refractivity contribution in [2.24, 2.45) is 0 Å². The number of fused-ring (bicyclic) bond motifs is 1. The number of ether oxygens (including phenoxy) is 1. The molecule has 0 aliphatic rings. The average Bonchev–Trinajstić information content (AvgIpc) is 2.65. The number of para-hydroxylation sites is 1. The molecule has 0 bridgehead atoms. The monoisotopic (exact) mass is 382 g/mol. The summed E-state index contributed by atoms with van der Waals surface area (Å²) in [5.74, 6) is 0.731. The zero-order valence-corrected chi connectivity index (χ0v) is 16.8. The van der Waals surface area contributed by atoms with Gasteiger partial charge in [-0.05, 0) is 37.1 Å². The van der Waals surface area contributed by atoms with Crippen molar-refractivity contribution in [2.45, 2.75) is 33.9 Å². The Morgan fingerprint density at radius 3 is 2.52 bits per heavy atom. The van der Waals surface area contributed by atoms with E-state index in [1.54, 1.807) is 18.9 Å².